The molecule has 0 amide bonds. The molecular formula is C56H104N3O19-. The summed E-state index contributed by atoms with van der Waals surface area (Å²) in [5.41, 5.74) is 12.4. The average Bonchev–Trinajstić information content (AvgIpc) is 3.64. The first-order chi connectivity index (χ1) is 36.8. The van der Waals surface area contributed by atoms with Gasteiger partial charge in [0.05, 0.1) is 73.6 Å². The second kappa shape index (κ2) is 40.3. The minimum atomic E-state index is -1.59. The highest BCUT2D eigenvalue weighted by Crippen LogP contribution is 2.32. The van der Waals surface area contributed by atoms with E-state index in [1.807, 2.05) is 40.7 Å². The van der Waals surface area contributed by atoms with Crippen LogP contribution >= 0.6 is 0 Å². The lowest BCUT2D eigenvalue weighted by molar-refractivity contribution is -0.283. The molecule has 0 saturated carbocycles. The monoisotopic (exact) mass is 1120 g/mol. The van der Waals surface area contributed by atoms with Crippen LogP contribution in [-0.2, 0) is 23.8 Å². The molecule has 2 heterocycles. The highest BCUT2D eigenvalue weighted by atomic mass is 16.7. The zero-order chi connectivity index (χ0) is 59.1. The normalized spacial score (nSPS) is 37.4. The van der Waals surface area contributed by atoms with Crippen molar-refractivity contribution < 1.29 is 95.3 Å². The van der Waals surface area contributed by atoms with Gasteiger partial charge in [-0.05, 0) is 134 Å². The van der Waals surface area contributed by atoms with Crippen molar-refractivity contribution in [2.24, 2.45) is 40.1 Å². The van der Waals surface area contributed by atoms with Crippen LogP contribution < -0.4 is 16.6 Å². The lowest BCUT2D eigenvalue weighted by Gasteiger charge is -2.34. The van der Waals surface area contributed by atoms with Crippen molar-refractivity contribution in [2.45, 2.75) is 274 Å². The van der Waals surface area contributed by atoms with Gasteiger partial charge in [0.2, 0.25) is 0 Å². The molecule has 1 saturated heterocycles. The van der Waals surface area contributed by atoms with Gasteiger partial charge in [0, 0.05) is 31.3 Å². The number of carboxylic acid groups (broad SMARTS) is 1. The fourth-order valence-corrected chi connectivity index (χ4v) is 10.3. The number of hydrogen-bond acceptors (Lipinski definition) is 20. The molecule has 2 rings (SSSR count). The third-order valence-electron chi connectivity index (χ3n) is 15.2. The molecule has 22 nitrogen and oxygen atoms in total. The molecular weight excluding hydrogens is 1020 g/mol. The Kier molecular flexibility index (Phi) is 37.8. The third-order valence-corrected chi connectivity index (χ3v) is 15.2. The highest BCUT2D eigenvalue weighted by molar-refractivity contribution is 5.75. The fourth-order valence-electron chi connectivity index (χ4n) is 10.3. The minimum Gasteiger partial charge on any atom is -0.554 e. The van der Waals surface area contributed by atoms with Gasteiger partial charge in [-0.2, -0.15) is 0 Å². The number of aliphatic hydroxyl groups is 13. The molecule has 0 bridgehead atoms. The first-order valence-corrected chi connectivity index (χ1v) is 28.6. The molecule has 0 aromatic carbocycles. The van der Waals surface area contributed by atoms with Gasteiger partial charge in [0.15, 0.2) is 12.2 Å². The van der Waals surface area contributed by atoms with E-state index in [1.165, 1.54) is 6.08 Å². The Labute approximate surface area is 463 Å². The number of cyclic esters (lactones) is 1. The number of nitrogens with two attached hydrogens (primary N) is 2. The summed E-state index contributed by atoms with van der Waals surface area (Å²) in [7, 11) is 0. The summed E-state index contributed by atoms with van der Waals surface area (Å²) in [6, 6.07) is 0. The first kappa shape index (κ1) is 73.1. The van der Waals surface area contributed by atoms with Crippen LogP contribution in [0, 0.1) is 23.7 Å². The van der Waals surface area contributed by atoms with Crippen molar-refractivity contribution in [1.29, 1.82) is 0 Å². The molecule has 2 aliphatic heterocycles. The number of carbonyl (C=O) groups is 2. The van der Waals surface area contributed by atoms with E-state index in [9.17, 15) is 71.2 Å². The Morgan fingerprint density at radius 2 is 1.33 bits per heavy atom. The van der Waals surface area contributed by atoms with Gasteiger partial charge in [-0.25, -0.2) is 0 Å². The lowest BCUT2D eigenvalue weighted by atomic mass is 9.84. The smallest absolute Gasteiger partial charge is 0.311 e. The van der Waals surface area contributed by atoms with Gasteiger partial charge in [0.1, 0.15) is 30.5 Å². The SMILES string of the molecule is CCCCC1C(=O)OC(C(C)C(O)CCCN=C(N)N)C(C)/C=C(\C)CCCCC(O)CC(O)CC(O)CC(O)CC(O)C(O[C@H]2O[C@H](CO)[C@@H](O)[C@@H]2O)/C=C(\C)C(O)CCCC(O)CCCC(O)CCC(C)C1O.O=C[O-]. The molecule has 0 aliphatic carbocycles. The van der Waals surface area contributed by atoms with Gasteiger partial charge in [-0.3, -0.25) is 9.79 Å². The summed E-state index contributed by atoms with van der Waals surface area (Å²) in [5.74, 6) is -2.64. The van der Waals surface area contributed by atoms with E-state index >= 15 is 0 Å². The maximum atomic E-state index is 14.2. The number of aliphatic hydroxyl groups excluding tert-OH is 13. The van der Waals surface area contributed by atoms with Crippen LogP contribution in [0.3, 0.4) is 0 Å². The van der Waals surface area contributed by atoms with Crippen LogP contribution in [-0.4, -0.2) is 196 Å². The molecule has 458 valence electrons. The molecule has 20 atom stereocenters. The third kappa shape index (κ3) is 29.2. The molecule has 0 aromatic rings. The van der Waals surface area contributed by atoms with Crippen LogP contribution in [0.5, 0.6) is 0 Å². The van der Waals surface area contributed by atoms with Gasteiger partial charge in [-0.1, -0.05) is 64.7 Å². The van der Waals surface area contributed by atoms with Gasteiger partial charge >= 0.3 is 5.97 Å². The number of rotatable bonds is 12. The fraction of sp³-hybridized carbons (Fsp3) is 0.875. The van der Waals surface area contributed by atoms with Crippen LogP contribution in [0.4, 0.5) is 0 Å². The second-order valence-corrected chi connectivity index (χ2v) is 22.3. The number of guanidine groups is 1. The number of hydrogen-bond donors (Lipinski definition) is 15. The van der Waals surface area contributed by atoms with Crippen molar-refractivity contribution in [3.05, 3.63) is 23.3 Å². The maximum absolute atomic E-state index is 14.2. The second-order valence-electron chi connectivity index (χ2n) is 22.3. The molecule has 1 fully saturated rings. The Morgan fingerprint density at radius 1 is 0.769 bits per heavy atom. The number of carbonyl (C=O) groups excluding carboxylic acids is 2. The van der Waals surface area contributed by atoms with E-state index in [0.29, 0.717) is 108 Å². The van der Waals surface area contributed by atoms with Crippen LogP contribution in [0.25, 0.3) is 0 Å². The van der Waals surface area contributed by atoms with E-state index in [0.717, 1.165) is 12.0 Å². The van der Waals surface area contributed by atoms with Gasteiger partial charge in [0.25, 0.3) is 0 Å². The average molecular weight is 1120 g/mol. The first-order valence-electron chi connectivity index (χ1n) is 28.6. The minimum absolute atomic E-state index is 0.0266. The van der Waals surface area contributed by atoms with Gasteiger partial charge < -0.3 is 102 Å². The summed E-state index contributed by atoms with van der Waals surface area (Å²) in [4.78, 5) is 26.5. The van der Waals surface area contributed by atoms with E-state index < -0.39 is 129 Å². The van der Waals surface area contributed by atoms with E-state index in [-0.39, 0.29) is 49.9 Å². The molecule has 0 radical (unpaired) electrons. The molecule has 22 heteroatoms. The Hall–Kier alpha value is -2.91. The largest absolute Gasteiger partial charge is 0.554 e. The summed E-state index contributed by atoms with van der Waals surface area (Å²) in [6.45, 7) is 10.4. The number of allylic oxidation sites excluding steroid dienone is 1. The summed E-state index contributed by atoms with van der Waals surface area (Å²) in [5, 5.41) is 149. The Morgan fingerprint density at radius 3 is 1.91 bits per heavy atom. The van der Waals surface area contributed by atoms with E-state index in [1.54, 1.807) is 6.92 Å². The predicted octanol–water partition coefficient (Wildman–Crippen LogP) is 0.614. The lowest BCUT2D eigenvalue weighted by Crippen LogP contribution is -2.42. The molecule has 0 aromatic heterocycles. The summed E-state index contributed by atoms with van der Waals surface area (Å²) in [6.07, 6.45) is -7.42. The molecule has 2 aliphatic rings. The Balaban J connectivity index is 0.00000989. The van der Waals surface area contributed by atoms with Crippen molar-refractivity contribution in [2.75, 3.05) is 13.2 Å². The van der Waals surface area contributed by atoms with Crippen molar-refractivity contribution >= 4 is 18.4 Å². The van der Waals surface area contributed by atoms with Crippen LogP contribution in [0.1, 0.15) is 176 Å². The number of esters is 1. The number of aliphatic imine (C=N–C) groups is 1. The molecule has 78 heavy (non-hydrogen) atoms. The number of nitrogens with zero attached hydrogens (tertiary/aromatic N) is 1. The van der Waals surface area contributed by atoms with Crippen molar-refractivity contribution in [3.63, 3.8) is 0 Å². The van der Waals surface area contributed by atoms with E-state index in [2.05, 4.69) is 4.99 Å². The highest BCUT2D eigenvalue weighted by Gasteiger charge is 2.45. The zero-order valence-corrected chi connectivity index (χ0v) is 47.4. The molecule has 17 N–H and O–H groups in total. The topological polar surface area (TPSA) is 412 Å². The standard InChI is InChI=1S/C55H103N3O17.CH2O2/c1-7-8-19-43-49(69)33(3)22-23-38(61)17-11-16-37(60)18-12-20-44(66)34(4)26-47(73-54-51(71)50(70)48(31-59)74-54)46(68)30-42(65)29-41(64)28-40(63)27-39(62)15-10-9-14-32(2)25-35(5)52(75-53(43)72)36(6)45(67)21-13-24-58-55(56)57;2-1-3/h25-26,33,35-52,54,59-71H,7-24,27-31H2,1-6H3,(H4,56,57,58);1H,(H,2,3)/p-1/b32-25+,34-26+;/t33?,35?,36?,37?,38?,39?,40?,41?,42?,43?,44?,45?,46?,47?,48-,49?,50-,51+,52?,54+;/m1./s1. The molecule has 0 spiro atoms. The predicted molar refractivity (Wildman–Crippen MR) is 290 cm³/mol. The van der Waals surface area contributed by atoms with Crippen LogP contribution in [0.15, 0.2) is 28.3 Å². The number of unbranched alkanes of at least 4 members (excludes halogenated alkanes) is 1. The maximum Gasteiger partial charge on any atom is 0.311 e. The van der Waals surface area contributed by atoms with Crippen molar-refractivity contribution in [3.8, 4) is 0 Å². The quantitative estimate of drug-likeness (QED) is 0.0318. The Bertz CT molecular complexity index is 1690. The molecule has 16 unspecified atom stereocenters. The number of ether oxygens (including phenoxy) is 3. The van der Waals surface area contributed by atoms with Gasteiger partial charge in [-0.15, -0.1) is 0 Å². The van der Waals surface area contributed by atoms with E-state index in [4.69, 9.17) is 35.6 Å². The van der Waals surface area contributed by atoms with Crippen LogP contribution in [0.2, 0.25) is 0 Å². The summed E-state index contributed by atoms with van der Waals surface area (Å²) < 4.78 is 17.7. The van der Waals surface area contributed by atoms with Crippen molar-refractivity contribution in [1.82, 2.24) is 0 Å². The summed E-state index contributed by atoms with van der Waals surface area (Å²) >= 11 is 0. The zero-order valence-electron chi connectivity index (χ0n) is 47.4.